The van der Waals surface area contributed by atoms with E-state index < -0.39 is 5.54 Å². The Hall–Kier alpha value is -2.38. The van der Waals surface area contributed by atoms with Gasteiger partial charge in [-0.15, -0.1) is 0 Å². The van der Waals surface area contributed by atoms with E-state index in [1.54, 1.807) is 4.90 Å². The van der Waals surface area contributed by atoms with Gasteiger partial charge in [0.05, 0.1) is 0 Å². The summed E-state index contributed by atoms with van der Waals surface area (Å²) in [6.45, 7) is 4.33. The van der Waals surface area contributed by atoms with Crippen LogP contribution in [0, 0.1) is 0 Å². The van der Waals surface area contributed by atoms with Gasteiger partial charge in [0.15, 0.2) is 0 Å². The maximum absolute atomic E-state index is 13.0. The lowest BCUT2D eigenvalue weighted by molar-refractivity contribution is -0.131. The Balaban J connectivity index is 1.42. The third-order valence-corrected chi connectivity index (χ3v) is 6.44. The van der Waals surface area contributed by atoms with Crippen LogP contribution in [-0.4, -0.2) is 47.4 Å². The Labute approximate surface area is 179 Å². The molecular weight excluding hydrogens is 432 g/mol. The second kappa shape index (κ2) is 7.80. The number of nitrogens with one attached hydrogen (secondary N) is 2. The van der Waals surface area contributed by atoms with E-state index in [4.69, 9.17) is 0 Å². The Morgan fingerprint density at radius 3 is 2.41 bits per heavy atom. The highest BCUT2D eigenvalue weighted by molar-refractivity contribution is 9.10. The molecule has 1 unspecified atom stereocenters. The SMILES string of the molecule is CN1CCc2cc(NC(=O)C3(C)CCN3C(=O)Nc3ccc(Br)cc3)ccc2C1. The van der Waals surface area contributed by atoms with Gasteiger partial charge in [0.2, 0.25) is 5.91 Å². The zero-order valence-electron chi connectivity index (χ0n) is 16.7. The minimum atomic E-state index is -0.852. The average Bonchev–Trinajstić information content (AvgIpc) is 2.68. The standard InChI is InChI=1S/C22H25BrN4O2/c1-22(10-12-27(22)21(29)25-18-7-4-17(23)5-8-18)20(28)24-19-6-3-16-14-26(2)11-9-15(16)13-19/h3-8,13H,9-12,14H2,1-2H3,(H,24,28)(H,25,29). The van der Waals surface area contributed by atoms with E-state index in [1.807, 2.05) is 37.3 Å². The normalized spacial score (nSPS) is 21.1. The average molecular weight is 457 g/mol. The first-order chi connectivity index (χ1) is 13.8. The number of urea groups is 1. The third kappa shape index (κ3) is 4.02. The van der Waals surface area contributed by atoms with Crippen molar-refractivity contribution in [1.29, 1.82) is 0 Å². The first-order valence-electron chi connectivity index (χ1n) is 9.81. The molecule has 2 aromatic carbocycles. The van der Waals surface area contributed by atoms with Gasteiger partial charge in [-0.25, -0.2) is 4.79 Å². The second-order valence-electron chi connectivity index (χ2n) is 8.04. The lowest BCUT2D eigenvalue weighted by Gasteiger charge is -2.48. The molecule has 0 aromatic heterocycles. The number of amides is 3. The van der Waals surface area contributed by atoms with E-state index in [0.29, 0.717) is 18.7 Å². The van der Waals surface area contributed by atoms with Gasteiger partial charge in [-0.3, -0.25) is 4.79 Å². The Morgan fingerprint density at radius 1 is 1.00 bits per heavy atom. The molecule has 29 heavy (non-hydrogen) atoms. The molecular formula is C22H25BrN4O2. The monoisotopic (exact) mass is 456 g/mol. The fourth-order valence-corrected chi connectivity index (χ4v) is 4.15. The van der Waals surface area contributed by atoms with Crippen molar-refractivity contribution in [3.8, 4) is 0 Å². The zero-order chi connectivity index (χ0) is 20.6. The summed E-state index contributed by atoms with van der Waals surface area (Å²) < 4.78 is 0.945. The lowest BCUT2D eigenvalue weighted by Crippen LogP contribution is -2.67. The van der Waals surface area contributed by atoms with Crippen LogP contribution < -0.4 is 10.6 Å². The number of halogens is 1. The summed E-state index contributed by atoms with van der Waals surface area (Å²) in [5, 5.41) is 5.89. The van der Waals surface area contributed by atoms with Gasteiger partial charge in [0, 0.05) is 35.5 Å². The number of rotatable bonds is 3. The van der Waals surface area contributed by atoms with Crippen LogP contribution in [0.5, 0.6) is 0 Å². The number of likely N-dealkylation sites (N-methyl/N-ethyl adjacent to an activating group) is 1. The van der Waals surface area contributed by atoms with E-state index in [0.717, 1.165) is 29.7 Å². The van der Waals surface area contributed by atoms with Crippen molar-refractivity contribution >= 4 is 39.2 Å². The van der Waals surface area contributed by atoms with E-state index in [1.165, 1.54) is 11.1 Å². The van der Waals surface area contributed by atoms with Crippen LogP contribution in [0.1, 0.15) is 24.5 Å². The first kappa shape index (κ1) is 19.9. The first-order valence-corrected chi connectivity index (χ1v) is 10.6. The summed E-state index contributed by atoms with van der Waals surface area (Å²) in [6, 6.07) is 13.2. The maximum Gasteiger partial charge on any atom is 0.322 e. The quantitative estimate of drug-likeness (QED) is 0.731. The summed E-state index contributed by atoms with van der Waals surface area (Å²) in [7, 11) is 2.12. The highest BCUT2D eigenvalue weighted by Gasteiger charge is 2.49. The van der Waals surface area contributed by atoms with Crippen molar-refractivity contribution < 1.29 is 9.59 Å². The fraction of sp³-hybridized carbons (Fsp3) is 0.364. The third-order valence-electron chi connectivity index (χ3n) is 5.92. The molecule has 4 rings (SSSR count). The minimum absolute atomic E-state index is 0.150. The highest BCUT2D eigenvalue weighted by atomic mass is 79.9. The molecule has 152 valence electrons. The molecule has 2 aliphatic heterocycles. The molecule has 2 heterocycles. The Kier molecular flexibility index (Phi) is 5.36. The van der Waals surface area contributed by atoms with E-state index in [2.05, 4.69) is 50.6 Å². The second-order valence-corrected chi connectivity index (χ2v) is 8.95. The highest BCUT2D eigenvalue weighted by Crippen LogP contribution is 2.33. The number of carbonyl (C=O) groups excluding carboxylic acids is 2. The maximum atomic E-state index is 13.0. The van der Waals surface area contributed by atoms with Crippen LogP contribution >= 0.6 is 15.9 Å². The summed E-state index contributed by atoms with van der Waals surface area (Å²) in [6.07, 6.45) is 1.62. The largest absolute Gasteiger partial charge is 0.324 e. The predicted molar refractivity (Wildman–Crippen MR) is 118 cm³/mol. The molecule has 2 aliphatic rings. The molecule has 0 bridgehead atoms. The number of fused-ring (bicyclic) bond motifs is 1. The summed E-state index contributed by atoms with van der Waals surface area (Å²) in [5.41, 5.74) is 3.23. The Morgan fingerprint density at radius 2 is 1.72 bits per heavy atom. The Bertz CT molecular complexity index is 946. The molecule has 1 saturated heterocycles. The van der Waals surface area contributed by atoms with E-state index in [-0.39, 0.29) is 11.9 Å². The van der Waals surface area contributed by atoms with Gasteiger partial charge in [0.25, 0.3) is 0 Å². The van der Waals surface area contributed by atoms with Crippen molar-refractivity contribution in [3.05, 3.63) is 58.1 Å². The van der Waals surface area contributed by atoms with Crippen LogP contribution in [-0.2, 0) is 17.8 Å². The van der Waals surface area contributed by atoms with E-state index >= 15 is 0 Å². The molecule has 1 fully saturated rings. The van der Waals surface area contributed by atoms with Gasteiger partial charge >= 0.3 is 6.03 Å². The number of anilines is 2. The van der Waals surface area contributed by atoms with Gasteiger partial charge in [0.1, 0.15) is 5.54 Å². The lowest BCUT2D eigenvalue weighted by atomic mass is 9.86. The van der Waals surface area contributed by atoms with Crippen LogP contribution in [0.25, 0.3) is 0 Å². The molecule has 0 radical (unpaired) electrons. The molecule has 1 atom stereocenters. The minimum Gasteiger partial charge on any atom is -0.324 e. The summed E-state index contributed by atoms with van der Waals surface area (Å²) in [4.78, 5) is 29.6. The van der Waals surface area contributed by atoms with Gasteiger partial charge in [-0.05, 0) is 74.3 Å². The van der Waals surface area contributed by atoms with Crippen molar-refractivity contribution in [1.82, 2.24) is 9.80 Å². The van der Waals surface area contributed by atoms with E-state index in [9.17, 15) is 9.59 Å². The topological polar surface area (TPSA) is 64.7 Å². The fourth-order valence-electron chi connectivity index (χ4n) is 3.88. The number of nitrogens with zero attached hydrogens (tertiary/aromatic N) is 2. The number of hydrogen-bond donors (Lipinski definition) is 2. The number of carbonyl (C=O) groups is 2. The van der Waals surface area contributed by atoms with Crippen LogP contribution in [0.4, 0.5) is 16.2 Å². The number of hydrogen-bond acceptors (Lipinski definition) is 3. The van der Waals surface area contributed by atoms with Crippen molar-refractivity contribution in [2.45, 2.75) is 31.8 Å². The smallest absolute Gasteiger partial charge is 0.322 e. The van der Waals surface area contributed by atoms with Crippen LogP contribution in [0.2, 0.25) is 0 Å². The molecule has 0 spiro atoms. The van der Waals surface area contributed by atoms with Crippen molar-refractivity contribution in [2.75, 3.05) is 30.8 Å². The van der Waals surface area contributed by atoms with Crippen molar-refractivity contribution in [2.24, 2.45) is 0 Å². The molecule has 7 heteroatoms. The van der Waals surface area contributed by atoms with Gasteiger partial charge < -0.3 is 20.4 Å². The van der Waals surface area contributed by atoms with Crippen molar-refractivity contribution in [3.63, 3.8) is 0 Å². The number of benzene rings is 2. The van der Waals surface area contributed by atoms with Gasteiger partial charge in [-0.1, -0.05) is 22.0 Å². The van der Waals surface area contributed by atoms with Crippen LogP contribution in [0.3, 0.4) is 0 Å². The predicted octanol–water partition coefficient (Wildman–Crippen LogP) is 4.07. The summed E-state index contributed by atoms with van der Waals surface area (Å²) >= 11 is 3.38. The molecule has 0 aliphatic carbocycles. The molecule has 2 aromatic rings. The molecule has 2 N–H and O–H groups in total. The summed E-state index contributed by atoms with van der Waals surface area (Å²) in [5.74, 6) is -0.150. The zero-order valence-corrected chi connectivity index (χ0v) is 18.3. The molecule has 0 saturated carbocycles. The number of likely N-dealkylation sites (tertiary alicyclic amines) is 1. The van der Waals surface area contributed by atoms with Gasteiger partial charge in [-0.2, -0.15) is 0 Å². The van der Waals surface area contributed by atoms with Crippen LogP contribution in [0.15, 0.2) is 46.9 Å². The molecule has 6 nitrogen and oxygen atoms in total. The molecule has 3 amide bonds.